The van der Waals surface area contributed by atoms with Gasteiger partial charge in [0, 0.05) is 13.5 Å². The Hall–Kier alpha value is -0.180. The number of methoxy groups -OCH3 is 1. The smallest absolute Gasteiger partial charge is 0.273 e. The summed E-state index contributed by atoms with van der Waals surface area (Å²) in [5.74, 6) is -2.84. The van der Waals surface area contributed by atoms with Crippen molar-refractivity contribution in [1.29, 1.82) is 0 Å². The van der Waals surface area contributed by atoms with Gasteiger partial charge in [0.1, 0.15) is 6.10 Å². The summed E-state index contributed by atoms with van der Waals surface area (Å²) in [6, 6.07) is 0. The van der Waals surface area contributed by atoms with E-state index in [4.69, 9.17) is 4.74 Å². The quantitative estimate of drug-likeness (QED) is 0.624. The third kappa shape index (κ3) is 2.73. The van der Waals surface area contributed by atoms with Gasteiger partial charge in [-0.25, -0.2) is 8.78 Å². The predicted molar refractivity (Wildman–Crippen MR) is 40.9 cm³/mol. The molecule has 1 atom stereocenters. The molecule has 3 heteroatoms. The summed E-state index contributed by atoms with van der Waals surface area (Å²) >= 11 is 0. The molecular weight excluding hydrogens is 150 g/mol. The first kappa shape index (κ1) is 10.8. The second-order valence-corrected chi connectivity index (χ2v) is 3.01. The Balaban J connectivity index is 4.23. The molecule has 1 unspecified atom stereocenters. The van der Waals surface area contributed by atoms with Gasteiger partial charge in [-0.2, -0.15) is 0 Å². The van der Waals surface area contributed by atoms with Gasteiger partial charge >= 0.3 is 0 Å². The first-order chi connectivity index (χ1) is 4.95. The van der Waals surface area contributed by atoms with Crippen LogP contribution in [0.15, 0.2) is 0 Å². The van der Waals surface area contributed by atoms with Crippen LogP contribution in [0.2, 0.25) is 0 Å². The van der Waals surface area contributed by atoms with E-state index in [9.17, 15) is 8.78 Å². The molecule has 1 nitrogen and oxygen atoms in total. The Kier molecular flexibility index (Phi) is 3.93. The molecule has 0 radical (unpaired) electrons. The minimum Gasteiger partial charge on any atom is -0.375 e. The molecule has 0 aliphatic carbocycles. The zero-order chi connectivity index (χ0) is 9.07. The van der Waals surface area contributed by atoms with Gasteiger partial charge in [0.15, 0.2) is 0 Å². The molecule has 68 valence electrons. The number of halogens is 2. The summed E-state index contributed by atoms with van der Waals surface area (Å²) < 4.78 is 30.6. The van der Waals surface area contributed by atoms with Crippen LogP contribution in [0.1, 0.15) is 27.2 Å². The predicted octanol–water partition coefficient (Wildman–Crippen LogP) is 2.70. The fourth-order valence-electron chi connectivity index (χ4n) is 1.13. The SMILES string of the molecule is CCC(F)(F)C(OC)C(C)C. The topological polar surface area (TPSA) is 9.23 Å². The molecule has 0 aliphatic rings. The molecule has 0 bridgehead atoms. The third-order valence-electron chi connectivity index (χ3n) is 1.75. The molecule has 0 aliphatic heterocycles. The van der Waals surface area contributed by atoms with Crippen molar-refractivity contribution in [1.82, 2.24) is 0 Å². The van der Waals surface area contributed by atoms with Crippen LogP contribution < -0.4 is 0 Å². The van der Waals surface area contributed by atoms with Crippen LogP contribution in [0.3, 0.4) is 0 Å². The lowest BCUT2D eigenvalue weighted by atomic mass is 9.99. The van der Waals surface area contributed by atoms with Crippen molar-refractivity contribution < 1.29 is 13.5 Å². The van der Waals surface area contributed by atoms with Gasteiger partial charge in [0.25, 0.3) is 5.92 Å². The lowest BCUT2D eigenvalue weighted by molar-refractivity contribution is -0.143. The Bertz CT molecular complexity index is 113. The van der Waals surface area contributed by atoms with Crippen LogP contribution in [0, 0.1) is 5.92 Å². The third-order valence-corrected chi connectivity index (χ3v) is 1.75. The van der Waals surface area contributed by atoms with Gasteiger partial charge in [-0.15, -0.1) is 0 Å². The summed E-state index contributed by atoms with van der Waals surface area (Å²) in [7, 11) is 1.33. The van der Waals surface area contributed by atoms with Crippen LogP contribution >= 0.6 is 0 Å². The minimum atomic E-state index is -2.69. The highest BCUT2D eigenvalue weighted by Crippen LogP contribution is 2.29. The summed E-state index contributed by atoms with van der Waals surface area (Å²) in [6.45, 7) is 4.93. The maximum absolute atomic E-state index is 12.9. The van der Waals surface area contributed by atoms with E-state index in [0.29, 0.717) is 0 Å². The van der Waals surface area contributed by atoms with E-state index in [1.54, 1.807) is 13.8 Å². The van der Waals surface area contributed by atoms with Crippen molar-refractivity contribution in [3.8, 4) is 0 Å². The molecule has 0 saturated heterocycles. The number of hydrogen-bond donors (Lipinski definition) is 0. The van der Waals surface area contributed by atoms with Crippen LogP contribution in [-0.2, 0) is 4.74 Å². The van der Waals surface area contributed by atoms with Crippen LogP contribution in [0.5, 0.6) is 0 Å². The van der Waals surface area contributed by atoms with E-state index < -0.39 is 12.0 Å². The van der Waals surface area contributed by atoms with Crippen molar-refractivity contribution >= 4 is 0 Å². The second kappa shape index (κ2) is 4.00. The molecule has 0 saturated carbocycles. The molecular formula is C8H16F2O. The average molecular weight is 166 g/mol. The molecule has 11 heavy (non-hydrogen) atoms. The van der Waals surface area contributed by atoms with E-state index in [-0.39, 0.29) is 12.3 Å². The lowest BCUT2D eigenvalue weighted by Crippen LogP contribution is -2.38. The Morgan fingerprint density at radius 3 is 1.91 bits per heavy atom. The normalized spacial score (nSPS) is 15.5. The van der Waals surface area contributed by atoms with Gasteiger partial charge in [-0.05, 0) is 5.92 Å². The van der Waals surface area contributed by atoms with Crippen molar-refractivity contribution in [3.63, 3.8) is 0 Å². The molecule has 0 amide bonds. The van der Waals surface area contributed by atoms with Gasteiger partial charge < -0.3 is 4.74 Å². The van der Waals surface area contributed by atoms with Gasteiger partial charge in [-0.1, -0.05) is 20.8 Å². The fraction of sp³-hybridized carbons (Fsp3) is 1.00. The lowest BCUT2D eigenvalue weighted by Gasteiger charge is -2.27. The number of alkyl halides is 2. The zero-order valence-corrected chi connectivity index (χ0v) is 7.53. The largest absolute Gasteiger partial charge is 0.375 e. The first-order valence-corrected chi connectivity index (χ1v) is 3.86. The number of ether oxygens (including phenoxy) is 1. The van der Waals surface area contributed by atoms with Crippen molar-refractivity contribution in [2.75, 3.05) is 7.11 Å². The first-order valence-electron chi connectivity index (χ1n) is 3.86. The molecule has 0 rings (SSSR count). The standard InChI is InChI=1S/C8H16F2O/c1-5-8(9,10)7(11-4)6(2)3/h6-7H,5H2,1-4H3. The van der Waals surface area contributed by atoms with Gasteiger partial charge in [0.2, 0.25) is 0 Å². The molecule has 0 N–H and O–H groups in total. The monoisotopic (exact) mass is 166 g/mol. The maximum atomic E-state index is 12.9. The summed E-state index contributed by atoms with van der Waals surface area (Å²) in [5.41, 5.74) is 0. The van der Waals surface area contributed by atoms with Crippen molar-refractivity contribution in [2.24, 2.45) is 5.92 Å². The highest BCUT2D eigenvalue weighted by Gasteiger charge is 2.39. The van der Waals surface area contributed by atoms with E-state index in [0.717, 1.165) is 0 Å². The summed E-state index contributed by atoms with van der Waals surface area (Å²) in [5, 5.41) is 0. The van der Waals surface area contributed by atoms with E-state index in [1.165, 1.54) is 14.0 Å². The van der Waals surface area contributed by atoms with E-state index in [2.05, 4.69) is 0 Å². The van der Waals surface area contributed by atoms with Crippen LogP contribution in [0.25, 0.3) is 0 Å². The summed E-state index contributed by atoms with van der Waals surface area (Å²) in [4.78, 5) is 0. The Morgan fingerprint density at radius 1 is 1.36 bits per heavy atom. The van der Waals surface area contributed by atoms with Gasteiger partial charge in [0.05, 0.1) is 0 Å². The highest BCUT2D eigenvalue weighted by atomic mass is 19.3. The van der Waals surface area contributed by atoms with E-state index in [1.807, 2.05) is 0 Å². The Morgan fingerprint density at radius 2 is 1.82 bits per heavy atom. The van der Waals surface area contributed by atoms with Crippen LogP contribution in [0.4, 0.5) is 8.78 Å². The zero-order valence-electron chi connectivity index (χ0n) is 7.53. The number of rotatable bonds is 4. The molecule has 0 spiro atoms. The molecule has 0 aromatic carbocycles. The molecule has 0 fully saturated rings. The number of hydrogen-bond acceptors (Lipinski definition) is 1. The maximum Gasteiger partial charge on any atom is 0.273 e. The van der Waals surface area contributed by atoms with E-state index >= 15 is 0 Å². The van der Waals surface area contributed by atoms with Gasteiger partial charge in [-0.3, -0.25) is 0 Å². The second-order valence-electron chi connectivity index (χ2n) is 3.01. The molecule has 0 heterocycles. The molecule has 0 aromatic heterocycles. The minimum absolute atomic E-state index is 0.144. The Labute approximate surface area is 66.7 Å². The van der Waals surface area contributed by atoms with Crippen molar-refractivity contribution in [2.45, 2.75) is 39.2 Å². The van der Waals surface area contributed by atoms with Crippen molar-refractivity contribution in [3.05, 3.63) is 0 Å². The van der Waals surface area contributed by atoms with Crippen LogP contribution in [-0.4, -0.2) is 19.1 Å². The summed E-state index contributed by atoms with van der Waals surface area (Å²) in [6.07, 6.45) is -1.11. The molecule has 0 aromatic rings. The fourth-order valence-corrected chi connectivity index (χ4v) is 1.13. The highest BCUT2D eigenvalue weighted by molar-refractivity contribution is 4.78. The average Bonchev–Trinajstić information content (AvgIpc) is 1.88.